The second-order valence-corrected chi connectivity index (χ2v) is 8.90. The van der Waals surface area contributed by atoms with Crippen molar-refractivity contribution >= 4 is 44.7 Å². The van der Waals surface area contributed by atoms with Gasteiger partial charge in [0.25, 0.3) is 15.9 Å². The molecule has 4 N–H and O–H groups in total. The van der Waals surface area contributed by atoms with Gasteiger partial charge in [-0.15, -0.1) is 0 Å². The van der Waals surface area contributed by atoms with Gasteiger partial charge < -0.3 is 11.1 Å². The Balaban J connectivity index is 1.89. The van der Waals surface area contributed by atoms with Crippen LogP contribution in [0.25, 0.3) is 0 Å². The largest absolute Gasteiger partial charge is 0.326 e. The predicted molar refractivity (Wildman–Crippen MR) is 121 cm³/mol. The van der Waals surface area contributed by atoms with Crippen LogP contribution in [0.5, 0.6) is 0 Å². The van der Waals surface area contributed by atoms with Gasteiger partial charge >= 0.3 is 0 Å². The summed E-state index contributed by atoms with van der Waals surface area (Å²) in [6.45, 7) is 1.40. The first-order valence-electron chi connectivity index (χ1n) is 9.34. The van der Waals surface area contributed by atoms with Crippen molar-refractivity contribution in [3.8, 4) is 0 Å². The molecule has 0 aliphatic rings. The second kappa shape index (κ2) is 9.47. The van der Waals surface area contributed by atoms with Crippen molar-refractivity contribution in [2.75, 3.05) is 10.0 Å². The fraction of sp³-hybridized carbons (Fsp3) is 0.0909. The normalized spacial score (nSPS) is 11.1. The van der Waals surface area contributed by atoms with Crippen molar-refractivity contribution in [1.82, 2.24) is 0 Å². The van der Waals surface area contributed by atoms with Crippen LogP contribution in [-0.2, 0) is 16.6 Å². The molecule has 0 aliphatic carbocycles. The maximum Gasteiger partial charge on any atom is 0.261 e. The van der Waals surface area contributed by atoms with E-state index >= 15 is 0 Å². The number of nitrogens with one attached hydrogen (secondary N) is 2. The molecule has 0 unspecified atom stereocenters. The minimum Gasteiger partial charge on any atom is -0.326 e. The first-order valence-corrected chi connectivity index (χ1v) is 11.2. The number of hydrogen-bond donors (Lipinski definition) is 3. The highest BCUT2D eigenvalue weighted by Gasteiger charge is 2.19. The Labute approximate surface area is 189 Å². The van der Waals surface area contributed by atoms with Gasteiger partial charge in [-0.2, -0.15) is 0 Å². The van der Waals surface area contributed by atoms with Gasteiger partial charge in [-0.05, 0) is 48.9 Å². The number of halogens is 2. The number of carbonyl (C=O) groups is 2. The average Bonchev–Trinajstić information content (AvgIpc) is 2.73. The van der Waals surface area contributed by atoms with Crippen LogP contribution in [-0.4, -0.2) is 20.1 Å². The third-order valence-corrected chi connectivity index (χ3v) is 6.29. The third-order valence-electron chi connectivity index (χ3n) is 4.59. The summed E-state index contributed by atoms with van der Waals surface area (Å²) in [4.78, 5) is 23.8. The molecular weight excluding hydrogens is 457 g/mol. The molecule has 32 heavy (non-hydrogen) atoms. The molecule has 7 nitrogen and oxygen atoms in total. The number of hydrogen-bond acceptors (Lipinski definition) is 5. The highest BCUT2D eigenvalue weighted by molar-refractivity contribution is 7.92. The zero-order valence-electron chi connectivity index (χ0n) is 16.9. The number of benzene rings is 3. The van der Waals surface area contributed by atoms with E-state index in [2.05, 4.69) is 10.0 Å². The minimum atomic E-state index is -4.01. The van der Waals surface area contributed by atoms with Crippen LogP contribution < -0.4 is 15.8 Å². The second-order valence-electron chi connectivity index (χ2n) is 6.81. The number of nitrogens with two attached hydrogens (primary N) is 1. The van der Waals surface area contributed by atoms with E-state index in [9.17, 15) is 22.4 Å². The number of Topliss-reactive ketones (excluding diaryl/α,β-unsaturated/α-hetero) is 1. The van der Waals surface area contributed by atoms with E-state index < -0.39 is 21.7 Å². The van der Waals surface area contributed by atoms with Crippen molar-refractivity contribution in [2.24, 2.45) is 5.73 Å². The van der Waals surface area contributed by atoms with E-state index in [1.165, 1.54) is 61.5 Å². The first-order chi connectivity index (χ1) is 15.1. The Kier molecular flexibility index (Phi) is 6.93. The molecule has 3 aromatic carbocycles. The highest BCUT2D eigenvalue weighted by Crippen LogP contribution is 2.26. The first kappa shape index (κ1) is 23.4. The zero-order valence-corrected chi connectivity index (χ0v) is 18.4. The average molecular weight is 476 g/mol. The molecule has 0 saturated carbocycles. The van der Waals surface area contributed by atoms with Crippen LogP contribution in [0.4, 0.5) is 15.8 Å². The molecule has 0 radical (unpaired) electrons. The number of sulfonamides is 1. The molecule has 0 atom stereocenters. The van der Waals surface area contributed by atoms with Crippen molar-refractivity contribution in [3.63, 3.8) is 0 Å². The molecule has 1 amide bonds. The number of anilines is 2. The Morgan fingerprint density at radius 3 is 2.34 bits per heavy atom. The molecule has 3 aromatic rings. The lowest BCUT2D eigenvalue weighted by atomic mass is 10.1. The zero-order chi connectivity index (χ0) is 23.5. The van der Waals surface area contributed by atoms with E-state index in [4.69, 9.17) is 17.3 Å². The van der Waals surface area contributed by atoms with Crippen LogP contribution in [0, 0.1) is 5.82 Å². The summed E-state index contributed by atoms with van der Waals surface area (Å²) in [5, 5.41) is 2.44. The summed E-state index contributed by atoms with van der Waals surface area (Å²) < 4.78 is 42.1. The summed E-state index contributed by atoms with van der Waals surface area (Å²) in [6.07, 6.45) is 0. The predicted octanol–water partition coefficient (Wildman–Crippen LogP) is 4.19. The van der Waals surface area contributed by atoms with Crippen molar-refractivity contribution < 1.29 is 22.4 Å². The van der Waals surface area contributed by atoms with Crippen LogP contribution in [0.3, 0.4) is 0 Å². The Morgan fingerprint density at radius 2 is 1.75 bits per heavy atom. The molecular formula is C22H19ClFN3O4S. The minimum absolute atomic E-state index is 0.0223. The van der Waals surface area contributed by atoms with Crippen molar-refractivity contribution in [2.45, 2.75) is 18.4 Å². The molecule has 0 fully saturated rings. The van der Waals surface area contributed by atoms with Crippen LogP contribution in [0.1, 0.15) is 33.2 Å². The van der Waals surface area contributed by atoms with Gasteiger partial charge in [0.15, 0.2) is 5.78 Å². The summed E-state index contributed by atoms with van der Waals surface area (Å²) in [6, 6.07) is 13.7. The Morgan fingerprint density at radius 1 is 1.06 bits per heavy atom. The van der Waals surface area contributed by atoms with Gasteiger partial charge in [0.1, 0.15) is 5.82 Å². The smallest absolute Gasteiger partial charge is 0.261 e. The van der Waals surface area contributed by atoms with Crippen molar-refractivity contribution in [3.05, 3.63) is 88.2 Å². The van der Waals surface area contributed by atoms with Crippen molar-refractivity contribution in [1.29, 1.82) is 0 Å². The third kappa shape index (κ3) is 5.13. The lowest BCUT2D eigenvalue weighted by Crippen LogP contribution is -2.17. The number of amides is 1. The molecule has 10 heteroatoms. The van der Waals surface area contributed by atoms with E-state index in [0.29, 0.717) is 11.1 Å². The summed E-state index contributed by atoms with van der Waals surface area (Å²) in [7, 11) is -4.01. The van der Waals surface area contributed by atoms with Crippen LogP contribution in [0.2, 0.25) is 5.02 Å². The Hall–Kier alpha value is -3.27. The fourth-order valence-electron chi connectivity index (χ4n) is 2.91. The molecule has 3 rings (SSSR count). The topological polar surface area (TPSA) is 118 Å². The fourth-order valence-corrected chi connectivity index (χ4v) is 4.25. The Bertz CT molecular complexity index is 1270. The van der Waals surface area contributed by atoms with Crippen LogP contribution in [0.15, 0.2) is 65.6 Å². The standard InChI is InChI=1S/C22H19ClFN3O4S/c1-13(28)14-6-9-17(10-7-14)32(30,31)27-20-11-16(8-5-15(20)12-25)26-22(29)21-18(23)3-2-4-19(21)24/h2-11,27H,12,25H2,1H3,(H,26,29). The van der Waals surface area contributed by atoms with Gasteiger partial charge in [0, 0.05) is 17.8 Å². The molecule has 0 aliphatic heterocycles. The van der Waals surface area contributed by atoms with Crippen LogP contribution >= 0.6 is 11.6 Å². The molecule has 0 spiro atoms. The molecule has 0 aromatic heterocycles. The van der Waals surface area contributed by atoms with Gasteiger partial charge in [0.05, 0.1) is 21.2 Å². The maximum absolute atomic E-state index is 14.0. The summed E-state index contributed by atoms with van der Waals surface area (Å²) in [5.41, 5.74) is 6.58. The van der Waals surface area contributed by atoms with Gasteiger partial charge in [-0.1, -0.05) is 35.9 Å². The van der Waals surface area contributed by atoms with E-state index in [-0.39, 0.29) is 39.2 Å². The van der Waals surface area contributed by atoms with Gasteiger partial charge in [0.2, 0.25) is 0 Å². The summed E-state index contributed by atoms with van der Waals surface area (Å²) in [5.74, 6) is -1.77. The maximum atomic E-state index is 14.0. The molecule has 0 heterocycles. The van der Waals surface area contributed by atoms with E-state index in [1.54, 1.807) is 0 Å². The number of rotatable bonds is 7. The van der Waals surface area contributed by atoms with E-state index in [1.807, 2.05) is 0 Å². The van der Waals surface area contributed by atoms with E-state index in [0.717, 1.165) is 6.07 Å². The number of carbonyl (C=O) groups excluding carboxylic acids is 2. The summed E-state index contributed by atoms with van der Waals surface area (Å²) >= 11 is 5.93. The lowest BCUT2D eigenvalue weighted by Gasteiger charge is -2.15. The highest BCUT2D eigenvalue weighted by atomic mass is 35.5. The lowest BCUT2D eigenvalue weighted by molar-refractivity contribution is 0.101. The SMILES string of the molecule is CC(=O)c1ccc(S(=O)(=O)Nc2cc(NC(=O)c3c(F)cccc3Cl)ccc2CN)cc1. The molecule has 0 bridgehead atoms. The number of ketones is 1. The monoisotopic (exact) mass is 475 g/mol. The van der Waals surface area contributed by atoms with Gasteiger partial charge in [-0.3, -0.25) is 14.3 Å². The molecule has 166 valence electrons. The van der Waals surface area contributed by atoms with Gasteiger partial charge in [-0.25, -0.2) is 12.8 Å². The molecule has 0 saturated heterocycles. The quantitative estimate of drug-likeness (QED) is 0.443.